The Morgan fingerprint density at radius 3 is 1.69 bits per heavy atom. The van der Waals surface area contributed by atoms with Gasteiger partial charge in [0.2, 0.25) is 0 Å². The minimum absolute atomic E-state index is 0.427. The quantitative estimate of drug-likeness (QED) is 0.500. The van der Waals surface area contributed by atoms with Crippen LogP contribution < -0.4 is 0 Å². The molecule has 0 fully saturated rings. The van der Waals surface area contributed by atoms with E-state index in [2.05, 4.69) is 42.7 Å². The van der Waals surface area contributed by atoms with Crippen LogP contribution in [0.3, 0.4) is 0 Å². The Kier molecular flexibility index (Phi) is 6.31. The first-order valence-electron chi connectivity index (χ1n) is 8.46. The maximum Gasteiger partial charge on any atom is 0.0662 e. The molecule has 0 aliphatic carbocycles. The summed E-state index contributed by atoms with van der Waals surface area (Å²) in [5.74, 6) is 0.686. The van der Waals surface area contributed by atoms with Crippen molar-refractivity contribution in [1.82, 2.24) is 0 Å². The molecule has 26 heavy (non-hydrogen) atoms. The Hall–Kier alpha value is -1.45. The summed E-state index contributed by atoms with van der Waals surface area (Å²) in [5.41, 5.74) is 1.15. The number of benzene rings is 3. The van der Waals surface area contributed by atoms with Crippen LogP contribution in [0.5, 0.6) is 0 Å². The van der Waals surface area contributed by atoms with Gasteiger partial charge in [-0.05, 0) is 76.6 Å². The van der Waals surface area contributed by atoms with Gasteiger partial charge in [0, 0.05) is 15.8 Å². The van der Waals surface area contributed by atoms with Crippen LogP contribution in [0.15, 0.2) is 88.7 Å². The first kappa shape index (κ1) is 19.3. The van der Waals surface area contributed by atoms with Crippen molar-refractivity contribution in [1.29, 1.82) is 0 Å². The number of rotatable bonds is 6. The normalized spacial score (nSPS) is 13.4. The molecule has 1 unspecified atom stereocenters. The Labute approximate surface area is 166 Å². The Morgan fingerprint density at radius 2 is 1.23 bits per heavy atom. The van der Waals surface area contributed by atoms with E-state index in [4.69, 9.17) is 23.2 Å². The fourth-order valence-corrected chi connectivity index (χ4v) is 6.40. The standard InChI is InChI=1S/C22H22Cl2OS/c1-26(21-11-7-18(23)8-12-21,22-13-9-19(24)10-14-22)16-20(25)15-17-5-3-2-4-6-17/h2-14,20,25H,15-16H2,1H3. The lowest BCUT2D eigenvalue weighted by Crippen LogP contribution is -2.21. The average Bonchev–Trinajstić information content (AvgIpc) is 2.63. The summed E-state index contributed by atoms with van der Waals surface area (Å²) in [5, 5.41) is 12.3. The molecule has 1 nitrogen and oxygen atoms in total. The summed E-state index contributed by atoms with van der Waals surface area (Å²) in [6.45, 7) is 0. The van der Waals surface area contributed by atoms with E-state index >= 15 is 0 Å². The fourth-order valence-electron chi connectivity index (χ4n) is 3.13. The van der Waals surface area contributed by atoms with E-state index in [1.807, 2.05) is 42.5 Å². The minimum atomic E-state index is -1.42. The molecule has 0 saturated carbocycles. The first-order chi connectivity index (χ1) is 12.5. The number of halogens is 2. The van der Waals surface area contributed by atoms with Gasteiger partial charge in [0.1, 0.15) is 0 Å². The second kappa shape index (κ2) is 8.49. The molecule has 0 aliphatic rings. The SMILES string of the molecule is CS(CC(O)Cc1ccccc1)(c1ccc(Cl)cc1)c1ccc(Cl)cc1. The van der Waals surface area contributed by atoms with Gasteiger partial charge in [-0.25, -0.2) is 0 Å². The summed E-state index contributed by atoms with van der Waals surface area (Å²) in [4.78, 5) is 2.41. The molecule has 0 aliphatic heterocycles. The molecule has 0 bridgehead atoms. The minimum Gasteiger partial charge on any atom is -0.392 e. The molecular weight excluding hydrogens is 383 g/mol. The molecule has 1 N–H and O–H groups in total. The molecule has 4 heteroatoms. The van der Waals surface area contributed by atoms with E-state index in [0.717, 1.165) is 15.6 Å². The van der Waals surface area contributed by atoms with Gasteiger partial charge in [-0.3, -0.25) is 0 Å². The zero-order valence-corrected chi connectivity index (χ0v) is 16.9. The lowest BCUT2D eigenvalue weighted by atomic mass is 10.1. The third kappa shape index (κ3) is 4.63. The highest BCUT2D eigenvalue weighted by atomic mass is 35.5. The summed E-state index contributed by atoms with van der Waals surface area (Å²) in [7, 11) is -1.42. The molecule has 0 spiro atoms. The van der Waals surface area contributed by atoms with Crippen LogP contribution in [0.1, 0.15) is 5.56 Å². The van der Waals surface area contributed by atoms with E-state index in [-0.39, 0.29) is 0 Å². The third-order valence-electron chi connectivity index (χ3n) is 4.51. The van der Waals surface area contributed by atoms with Gasteiger partial charge < -0.3 is 5.11 Å². The zero-order chi connectivity index (χ0) is 18.6. The van der Waals surface area contributed by atoms with Crippen LogP contribution in [0, 0.1) is 0 Å². The maximum atomic E-state index is 10.8. The Bertz CT molecular complexity index is 787. The van der Waals surface area contributed by atoms with Crippen molar-refractivity contribution < 1.29 is 5.11 Å². The second-order valence-electron chi connectivity index (χ2n) is 6.51. The molecule has 0 heterocycles. The van der Waals surface area contributed by atoms with E-state index in [1.165, 1.54) is 9.79 Å². The van der Waals surface area contributed by atoms with Crippen LogP contribution in [0.25, 0.3) is 0 Å². The van der Waals surface area contributed by atoms with Gasteiger partial charge >= 0.3 is 0 Å². The fraction of sp³-hybridized carbons (Fsp3) is 0.182. The number of aliphatic hydroxyl groups excluding tert-OH is 1. The molecule has 136 valence electrons. The molecule has 1 atom stereocenters. The monoisotopic (exact) mass is 404 g/mol. The molecule has 3 aromatic rings. The van der Waals surface area contributed by atoms with E-state index in [0.29, 0.717) is 12.2 Å². The van der Waals surface area contributed by atoms with E-state index in [9.17, 15) is 5.11 Å². The Morgan fingerprint density at radius 1 is 0.769 bits per heavy atom. The van der Waals surface area contributed by atoms with Crippen molar-refractivity contribution in [3.63, 3.8) is 0 Å². The van der Waals surface area contributed by atoms with Crippen molar-refractivity contribution in [2.75, 3.05) is 12.0 Å². The van der Waals surface area contributed by atoms with Crippen molar-refractivity contribution >= 4 is 33.2 Å². The van der Waals surface area contributed by atoms with Gasteiger partial charge in [-0.1, -0.05) is 53.5 Å². The van der Waals surface area contributed by atoms with Gasteiger partial charge in [0.15, 0.2) is 0 Å². The van der Waals surface area contributed by atoms with E-state index in [1.54, 1.807) is 0 Å². The largest absolute Gasteiger partial charge is 0.392 e. The van der Waals surface area contributed by atoms with E-state index < -0.39 is 16.1 Å². The molecule has 0 radical (unpaired) electrons. The summed E-state index contributed by atoms with van der Waals surface area (Å²) < 4.78 is 0. The van der Waals surface area contributed by atoms with Crippen LogP contribution in [-0.4, -0.2) is 23.2 Å². The molecular formula is C22H22Cl2OS. The van der Waals surface area contributed by atoms with Crippen molar-refractivity contribution in [2.24, 2.45) is 0 Å². The topological polar surface area (TPSA) is 20.2 Å². The van der Waals surface area contributed by atoms with Gasteiger partial charge in [0.05, 0.1) is 6.10 Å². The van der Waals surface area contributed by atoms with Crippen molar-refractivity contribution in [2.45, 2.75) is 22.3 Å². The lowest BCUT2D eigenvalue weighted by Gasteiger charge is -2.39. The predicted octanol–water partition coefficient (Wildman–Crippen LogP) is 6.45. The van der Waals surface area contributed by atoms with Gasteiger partial charge in [-0.15, -0.1) is 0 Å². The average molecular weight is 405 g/mol. The number of aliphatic hydroxyl groups is 1. The smallest absolute Gasteiger partial charge is 0.0662 e. The molecule has 0 aromatic heterocycles. The van der Waals surface area contributed by atoms with Crippen LogP contribution >= 0.6 is 33.2 Å². The van der Waals surface area contributed by atoms with Crippen LogP contribution in [0.4, 0.5) is 0 Å². The maximum absolute atomic E-state index is 10.8. The predicted molar refractivity (Wildman–Crippen MR) is 114 cm³/mol. The van der Waals surface area contributed by atoms with Crippen LogP contribution in [0.2, 0.25) is 10.0 Å². The van der Waals surface area contributed by atoms with Crippen molar-refractivity contribution in [3.8, 4) is 0 Å². The third-order valence-corrected chi connectivity index (χ3v) is 8.69. The second-order valence-corrected chi connectivity index (χ2v) is 10.8. The van der Waals surface area contributed by atoms with Crippen LogP contribution in [-0.2, 0) is 6.42 Å². The van der Waals surface area contributed by atoms with Gasteiger partial charge in [0.25, 0.3) is 0 Å². The summed E-state index contributed by atoms with van der Waals surface area (Å²) >= 11 is 12.2. The highest BCUT2D eigenvalue weighted by Crippen LogP contribution is 2.60. The summed E-state index contributed by atoms with van der Waals surface area (Å²) in [6, 6.07) is 26.1. The number of hydrogen-bond acceptors (Lipinski definition) is 1. The number of hydrogen-bond donors (Lipinski definition) is 1. The molecule has 3 aromatic carbocycles. The molecule has 0 amide bonds. The molecule has 0 saturated heterocycles. The van der Waals surface area contributed by atoms with Gasteiger partial charge in [-0.2, -0.15) is 10.0 Å². The highest BCUT2D eigenvalue weighted by molar-refractivity contribution is 8.33. The first-order valence-corrected chi connectivity index (χ1v) is 11.4. The van der Waals surface area contributed by atoms with Crippen molar-refractivity contribution in [3.05, 3.63) is 94.5 Å². The Balaban J connectivity index is 1.92. The highest BCUT2D eigenvalue weighted by Gasteiger charge is 2.27. The molecule has 3 rings (SSSR count). The zero-order valence-electron chi connectivity index (χ0n) is 14.6. The lowest BCUT2D eigenvalue weighted by molar-refractivity contribution is 0.199. The summed E-state index contributed by atoms with van der Waals surface area (Å²) in [6.07, 6.45) is 2.46.